The van der Waals surface area contributed by atoms with Gasteiger partial charge in [-0.15, -0.1) is 0 Å². The topological polar surface area (TPSA) is 612 Å². The second kappa shape index (κ2) is 89.5. The average molecular weight is 1990 g/mol. The van der Waals surface area contributed by atoms with Crippen LogP contribution >= 0.6 is 61.8 Å². The summed E-state index contributed by atoms with van der Waals surface area (Å²) in [5.41, 5.74) is 21.4. The highest BCUT2D eigenvalue weighted by Gasteiger charge is 2.33. The van der Waals surface area contributed by atoms with E-state index in [1.165, 1.54) is 28.3 Å². The van der Waals surface area contributed by atoms with Crippen LogP contribution in [0.5, 0.6) is 0 Å². The van der Waals surface area contributed by atoms with Gasteiger partial charge in [0.1, 0.15) is 5.90 Å². The van der Waals surface area contributed by atoms with Crippen LogP contribution in [0.1, 0.15) is 130 Å². The van der Waals surface area contributed by atoms with Crippen LogP contribution in [-0.2, 0) is 126 Å². The molecule has 0 aliphatic rings. The van der Waals surface area contributed by atoms with Crippen LogP contribution in [0.4, 0.5) is 0 Å². The smallest absolute Gasteiger partial charge is 0.306 e. The van der Waals surface area contributed by atoms with E-state index in [4.69, 9.17) is 162 Å². The molecule has 728 valence electrons. The lowest BCUT2D eigenvalue weighted by molar-refractivity contribution is -0.146. The molecule has 0 bridgehead atoms. The molecule has 0 aliphatic carbocycles. The lowest BCUT2D eigenvalue weighted by atomic mass is 10.2. The van der Waals surface area contributed by atoms with Gasteiger partial charge < -0.3 is 150 Å². The highest BCUT2D eigenvalue weighted by atomic mass is 32.7. The van der Waals surface area contributed by atoms with Gasteiger partial charge in [0.15, 0.2) is 26.0 Å². The SMILES string of the molecule is CNCC(COC(=O)CCC(=O)NC)COP(C)(=S)OCCC#N.CNCCCOP(OCCC#N)N(C(C)C)C(C)C.NCC(CO)COP(=O)(S)CP(O)(=S)OCC(CN)CO.NCCCOP(O)(=S)CP(O)(=S)OCC(CN)CO.[2H]CC(CNC)COC(=O)CCC(=O)NC.[2H]CC(CNC)COP(OCCC#N)N(C(C)C)C(C)C.[3H]OC.[3H]OC. The van der Waals surface area contributed by atoms with E-state index < -0.39 is 67.4 Å². The Kier molecular flexibility index (Phi) is 93.6. The normalized spacial score (nSPS) is 15.9. The minimum Gasteiger partial charge on any atom is -0.465 e. The quantitative estimate of drug-likeness (QED) is 0.0165. The van der Waals surface area contributed by atoms with Crippen molar-refractivity contribution in [3.63, 3.8) is 0 Å². The maximum Gasteiger partial charge on any atom is 0.306 e. The number of amides is 2. The molecule has 13 unspecified atom stereocenters. The molecule has 0 aromatic rings. The molecule has 0 fully saturated rings. The summed E-state index contributed by atoms with van der Waals surface area (Å²) in [7, 11) is 10.7. The van der Waals surface area contributed by atoms with Crippen LogP contribution in [0.25, 0.3) is 0 Å². The van der Waals surface area contributed by atoms with Crippen molar-refractivity contribution in [2.75, 3.05) is 226 Å². The van der Waals surface area contributed by atoms with Crippen LogP contribution in [0, 0.1) is 69.5 Å². The number of ether oxygens (including phenoxy) is 2. The van der Waals surface area contributed by atoms with Gasteiger partial charge in [0.05, 0.1) is 135 Å². The highest BCUT2D eigenvalue weighted by molar-refractivity contribution is 8.48. The molecule has 22 N–H and O–H groups in total. The van der Waals surface area contributed by atoms with Crippen LogP contribution in [0.2, 0.25) is 0 Å². The molecule has 52 heteroatoms. The zero-order valence-electron chi connectivity index (χ0n) is 78.9. The van der Waals surface area contributed by atoms with Gasteiger partial charge in [-0.05, 0) is 189 Å². The van der Waals surface area contributed by atoms with Crippen molar-refractivity contribution in [3.8, 4) is 18.2 Å². The van der Waals surface area contributed by atoms with Gasteiger partial charge in [0, 0.05) is 137 Å². The van der Waals surface area contributed by atoms with Gasteiger partial charge in [-0.2, -0.15) is 15.8 Å². The highest BCUT2D eigenvalue weighted by Crippen LogP contribution is 2.64. The molecule has 0 spiro atoms. The molecule has 122 heavy (non-hydrogen) atoms. The van der Waals surface area contributed by atoms with Crippen LogP contribution in [-0.4, -0.2) is 327 Å². The second-order valence-corrected chi connectivity index (χ2v) is 49.3. The van der Waals surface area contributed by atoms with Crippen molar-refractivity contribution in [1.29, 1.82) is 18.6 Å². The fraction of sp³-hybridized carbons (Fsp3) is 0.900. The van der Waals surface area contributed by atoms with E-state index in [2.05, 4.69) is 131 Å². The predicted molar refractivity (Wildman–Crippen MR) is 504 cm³/mol. The average Bonchev–Trinajstić information content (AvgIpc) is 1.04. The van der Waals surface area contributed by atoms with Gasteiger partial charge in [-0.3, -0.25) is 23.7 Å². The fourth-order valence-electron chi connectivity index (χ4n) is 8.28. The molecule has 0 saturated heterocycles. The number of nitrogens with one attached hydrogen (secondary N) is 6. The molecule has 0 heterocycles. The third-order valence-electron chi connectivity index (χ3n) is 14.4. The number of aliphatic hydroxyl groups excluding tert-OH is 5. The Morgan fingerprint density at radius 2 is 0.869 bits per heavy atom. The van der Waals surface area contributed by atoms with Crippen molar-refractivity contribution in [2.24, 2.45) is 58.4 Å². The van der Waals surface area contributed by atoms with E-state index in [0.29, 0.717) is 96.4 Å². The predicted octanol–water partition coefficient (Wildman–Crippen LogP) is 4.96. The first-order chi connectivity index (χ1) is 59.3. The zero-order valence-corrected chi connectivity index (χ0v) is 85.3. The molecule has 0 aliphatic heterocycles. The van der Waals surface area contributed by atoms with Crippen molar-refractivity contribution in [3.05, 3.63) is 0 Å². The molecular formula is C70H158N15O25P7S5. The number of carbonyl (C=O) groups is 4. The number of hydrogen-bond acceptors (Lipinski definition) is 39. The number of esters is 2. The molecule has 0 aromatic carbocycles. The summed E-state index contributed by atoms with van der Waals surface area (Å²) in [4.78, 5) is 74.5. The minimum absolute atomic E-state index is 0.00829. The van der Waals surface area contributed by atoms with Crippen LogP contribution in [0.15, 0.2) is 0 Å². The van der Waals surface area contributed by atoms with Crippen molar-refractivity contribution in [1.82, 2.24) is 41.2 Å². The Labute approximate surface area is 763 Å². The molecule has 0 radical (unpaired) electrons. The van der Waals surface area contributed by atoms with E-state index >= 15 is 0 Å². The Balaban J connectivity index is -0.000000219. The van der Waals surface area contributed by atoms with Gasteiger partial charge >= 0.3 is 11.9 Å². The molecule has 0 aromatic heterocycles. The molecule has 0 rings (SSSR count). The third kappa shape index (κ3) is 88.5. The third-order valence-corrected chi connectivity index (χ3v) is 34.0. The summed E-state index contributed by atoms with van der Waals surface area (Å²) in [6, 6.07) is 7.49. The van der Waals surface area contributed by atoms with E-state index in [1.807, 2.05) is 20.2 Å². The van der Waals surface area contributed by atoms with E-state index in [1.54, 1.807) is 20.8 Å². The molecule has 0 saturated carbocycles. The number of nitrogens with zero attached hydrogens (tertiary/aromatic N) is 5. The largest absolute Gasteiger partial charge is 0.465 e. The summed E-state index contributed by atoms with van der Waals surface area (Å²) in [6.45, 7) is 10.0. The molecular weight excluding hydrogens is 1830 g/mol. The first-order valence-corrected chi connectivity index (χ1v) is 56.2. The summed E-state index contributed by atoms with van der Waals surface area (Å²) in [6.07, 6.45) is 2.93. The van der Waals surface area contributed by atoms with Gasteiger partial charge in [0.2, 0.25) is 14.7 Å². The van der Waals surface area contributed by atoms with Gasteiger partial charge in [-0.1, -0.05) is 26.0 Å². The van der Waals surface area contributed by atoms with Crippen LogP contribution in [0.3, 0.4) is 0 Å². The molecule has 13 atom stereocenters. The van der Waals surface area contributed by atoms with E-state index in [0.717, 1.165) is 19.5 Å². The standard InChI is InChI=1S/C14H26N3O5PS.C14H30N3O2P.C13H28N3O2P.C10H20N2O3.C9H24N2O6P2S2.C8H22N2O5P2S2.2CH4O/c1-16-9-12(10-20-14(19)6-5-13(18)17-2)11-22-23(3,24)21-8-4-7-15;1-12(2)17(13(3)4)20(18-9-7-8-15)19-11-14(5)10-16-6;1-12(2)16(13(3)4)19(17-10-6-8-14)18-11-7-9-15-5;1-8(6-11-2)7-15-10(14)5-4-9(13)12-3;10-1-8(3-12)5-16-18(14,20)7-19(15,21)17-6-9(2-11)4-13;9-2-1-3-14-16(12,18)7-17(13,19)15-6-8(4-10)5-11;2*1-2/h12,16H,4-6,8-11H2,1-3H3,(H,17,18);12-14,16H,7,9-11H2,1-6H3;12-13,15H,6-7,9-11H2,1-5H3;8,11H,4-7H2,1-3H3,(H,12,13);8-9,12-13H,1-7,10-11H2,(H,14,20)(H,15,21);8,11H,1-7,9-10H2,(H,12,18)(H,13,19);2*2H,1H3/i;5D;;1D;;;2*2T. The van der Waals surface area contributed by atoms with Crippen molar-refractivity contribution >= 4 is 133 Å². The number of carbonyl (C=O) groups excluding carboxylic acids is 4. The Hall–Kier alpha value is -0.730. The summed E-state index contributed by atoms with van der Waals surface area (Å²) >= 11 is 23.8. The van der Waals surface area contributed by atoms with Gasteiger partial charge in [0.25, 0.3) is 23.6 Å². The van der Waals surface area contributed by atoms with Crippen molar-refractivity contribution in [2.45, 2.75) is 151 Å². The Bertz CT molecular complexity index is 2970. The van der Waals surface area contributed by atoms with Gasteiger partial charge in [-0.25, -0.2) is 9.34 Å². The Morgan fingerprint density at radius 1 is 0.500 bits per heavy atom. The summed E-state index contributed by atoms with van der Waals surface area (Å²) in [5, 5.41) is 76.6. The maximum atomic E-state index is 12.1. The number of nitriles is 3. The fourth-order valence-corrected chi connectivity index (χ4v) is 27.6. The number of nitrogens with two attached hydrogens (primary N) is 4. The zero-order chi connectivity index (χ0) is 98.6. The lowest BCUT2D eigenvalue weighted by Crippen LogP contribution is -2.34. The first-order valence-electron chi connectivity index (χ1n) is 41.5. The number of aliphatic hydroxyl groups is 5. The maximum absolute atomic E-state index is 12.1. The van der Waals surface area contributed by atoms with E-state index in [-0.39, 0.29) is 185 Å². The summed E-state index contributed by atoms with van der Waals surface area (Å²) in [5.74, 6) is -2.82. The lowest BCUT2D eigenvalue weighted by Gasteiger charge is -2.36. The molecule has 40 nitrogen and oxygen atoms in total. The minimum atomic E-state index is -3.47. The molecule has 2 amide bonds. The van der Waals surface area contributed by atoms with Crippen LogP contribution < -0.4 is 54.8 Å². The first kappa shape index (κ1) is 128. The number of rotatable bonds is 65. The van der Waals surface area contributed by atoms with Crippen molar-refractivity contribution < 1.29 is 121 Å². The monoisotopic (exact) mass is 1990 g/mol. The number of thiol groups is 1. The number of hydrogen-bond donors (Lipinski definition) is 19. The van der Waals surface area contributed by atoms with E-state index in [9.17, 15) is 38.4 Å². The second-order valence-electron chi connectivity index (χ2n) is 27.0. The summed E-state index contributed by atoms with van der Waals surface area (Å²) < 4.78 is 108. The Morgan fingerprint density at radius 3 is 1.24 bits per heavy atom.